The Balaban J connectivity index is 1.39. The molecule has 29 heavy (non-hydrogen) atoms. The second kappa shape index (κ2) is 7.12. The number of hydrogen-bond donors (Lipinski definition) is 1. The summed E-state index contributed by atoms with van der Waals surface area (Å²) in [6.07, 6.45) is 3.76. The van der Waals surface area contributed by atoms with Crippen molar-refractivity contribution in [1.82, 2.24) is 19.6 Å². The predicted octanol–water partition coefficient (Wildman–Crippen LogP) is 2.23. The van der Waals surface area contributed by atoms with Crippen LogP contribution < -0.4 is 14.8 Å². The van der Waals surface area contributed by atoms with Crippen LogP contribution in [0.1, 0.15) is 39.5 Å². The lowest BCUT2D eigenvalue weighted by Gasteiger charge is -2.13. The molecule has 1 fully saturated rings. The molecule has 5 rings (SSSR count). The van der Waals surface area contributed by atoms with Crippen LogP contribution in [0.25, 0.3) is 5.52 Å². The number of carbonyl (C=O) groups excluding carboxylic acids is 2. The third-order valence-corrected chi connectivity index (χ3v) is 5.24. The van der Waals surface area contributed by atoms with E-state index in [1.807, 2.05) is 30.3 Å². The van der Waals surface area contributed by atoms with E-state index in [0.717, 1.165) is 31.5 Å². The monoisotopic (exact) mass is 392 g/mol. The zero-order chi connectivity index (χ0) is 19.8. The van der Waals surface area contributed by atoms with Gasteiger partial charge in [0, 0.05) is 25.8 Å². The average molecular weight is 392 g/mol. The molecule has 0 aliphatic carbocycles. The second-order valence-electron chi connectivity index (χ2n) is 7.11. The summed E-state index contributed by atoms with van der Waals surface area (Å²) < 4.78 is 12.4. The van der Waals surface area contributed by atoms with Crippen molar-refractivity contribution >= 4 is 17.3 Å². The number of amides is 2. The van der Waals surface area contributed by atoms with Crippen LogP contribution in [0.4, 0.5) is 0 Å². The van der Waals surface area contributed by atoms with E-state index in [0.29, 0.717) is 23.6 Å². The summed E-state index contributed by atoms with van der Waals surface area (Å²) in [4.78, 5) is 31.9. The Bertz CT molecular complexity index is 1100. The summed E-state index contributed by atoms with van der Waals surface area (Å²) in [6, 6.07) is 11.0. The van der Waals surface area contributed by atoms with Gasteiger partial charge in [0.25, 0.3) is 11.8 Å². The highest BCUT2D eigenvalue weighted by Gasteiger charge is 2.26. The number of pyridine rings is 1. The van der Waals surface area contributed by atoms with Gasteiger partial charge >= 0.3 is 0 Å². The van der Waals surface area contributed by atoms with Gasteiger partial charge in [-0.3, -0.25) is 14.0 Å². The lowest BCUT2D eigenvalue weighted by Crippen LogP contribution is -2.29. The number of nitrogens with one attached hydrogen (secondary N) is 1. The average Bonchev–Trinajstić information content (AvgIpc) is 3.50. The smallest absolute Gasteiger partial charge is 0.290 e. The van der Waals surface area contributed by atoms with Gasteiger partial charge in [0.15, 0.2) is 17.2 Å². The summed E-state index contributed by atoms with van der Waals surface area (Å²) >= 11 is 0. The number of likely N-dealkylation sites (tertiary alicyclic amines) is 1. The molecule has 1 saturated heterocycles. The molecule has 0 unspecified atom stereocenters. The van der Waals surface area contributed by atoms with Gasteiger partial charge in [-0.2, -0.15) is 0 Å². The van der Waals surface area contributed by atoms with Gasteiger partial charge in [0.05, 0.1) is 5.52 Å². The molecule has 8 nitrogen and oxygen atoms in total. The molecule has 2 aromatic heterocycles. The Hall–Kier alpha value is -3.55. The van der Waals surface area contributed by atoms with Gasteiger partial charge in [-0.05, 0) is 42.7 Å². The lowest BCUT2D eigenvalue weighted by molar-refractivity contribution is 0.0780. The Morgan fingerprint density at radius 1 is 1.07 bits per heavy atom. The van der Waals surface area contributed by atoms with Gasteiger partial charge in [-0.1, -0.05) is 12.1 Å². The van der Waals surface area contributed by atoms with Crippen molar-refractivity contribution in [2.24, 2.45) is 0 Å². The molecule has 0 radical (unpaired) electrons. The molecule has 0 atom stereocenters. The van der Waals surface area contributed by atoms with Crippen molar-refractivity contribution < 1.29 is 19.1 Å². The van der Waals surface area contributed by atoms with Gasteiger partial charge in [0.1, 0.15) is 0 Å². The SMILES string of the molecule is O=C(NCc1ccc2c(c1)OCO2)c1nc(C(=O)N2CCCC2)n2ccccc12. The number of rotatable bonds is 4. The van der Waals surface area contributed by atoms with Crippen LogP contribution in [0.2, 0.25) is 0 Å². The van der Waals surface area contributed by atoms with Crippen LogP contribution in [0.15, 0.2) is 42.6 Å². The molecule has 3 aromatic rings. The molecular formula is C21H20N4O4. The van der Waals surface area contributed by atoms with Crippen LogP contribution in [0.3, 0.4) is 0 Å². The molecule has 148 valence electrons. The summed E-state index contributed by atoms with van der Waals surface area (Å²) in [7, 11) is 0. The number of hydrogen-bond acceptors (Lipinski definition) is 5. The van der Waals surface area contributed by atoms with E-state index < -0.39 is 0 Å². The van der Waals surface area contributed by atoms with Crippen molar-refractivity contribution in [3.8, 4) is 11.5 Å². The molecule has 0 spiro atoms. The fraction of sp³-hybridized carbons (Fsp3) is 0.286. The van der Waals surface area contributed by atoms with Crippen LogP contribution >= 0.6 is 0 Å². The second-order valence-corrected chi connectivity index (χ2v) is 7.11. The summed E-state index contributed by atoms with van der Waals surface area (Å²) in [5.41, 5.74) is 1.74. The van der Waals surface area contributed by atoms with Crippen LogP contribution in [0, 0.1) is 0 Å². The minimum atomic E-state index is -0.327. The number of carbonyl (C=O) groups is 2. The van der Waals surface area contributed by atoms with E-state index >= 15 is 0 Å². The minimum absolute atomic E-state index is 0.140. The largest absolute Gasteiger partial charge is 0.454 e. The maximum atomic E-state index is 12.9. The summed E-state index contributed by atoms with van der Waals surface area (Å²) in [5, 5.41) is 2.88. The molecule has 1 aromatic carbocycles. The highest BCUT2D eigenvalue weighted by Crippen LogP contribution is 2.32. The Labute approximate surface area is 167 Å². The third-order valence-electron chi connectivity index (χ3n) is 5.24. The van der Waals surface area contributed by atoms with Crippen molar-refractivity contribution in [3.05, 3.63) is 59.7 Å². The molecule has 1 N–H and O–H groups in total. The summed E-state index contributed by atoms with van der Waals surface area (Å²) in [5.74, 6) is 1.18. The Kier molecular flexibility index (Phi) is 4.31. The topological polar surface area (TPSA) is 85.2 Å². The zero-order valence-electron chi connectivity index (χ0n) is 15.8. The maximum absolute atomic E-state index is 12.9. The first-order valence-corrected chi connectivity index (χ1v) is 9.64. The van der Waals surface area contributed by atoms with Gasteiger partial charge < -0.3 is 19.7 Å². The molecule has 4 heterocycles. The number of aromatic nitrogens is 2. The van der Waals surface area contributed by atoms with Gasteiger partial charge in [0.2, 0.25) is 12.6 Å². The van der Waals surface area contributed by atoms with Crippen LogP contribution in [0.5, 0.6) is 11.5 Å². The first-order chi connectivity index (χ1) is 14.2. The van der Waals surface area contributed by atoms with Crippen molar-refractivity contribution in [2.75, 3.05) is 19.9 Å². The maximum Gasteiger partial charge on any atom is 0.290 e. The third kappa shape index (κ3) is 3.16. The normalized spacial score (nSPS) is 15.1. The summed E-state index contributed by atoms with van der Waals surface area (Å²) in [6.45, 7) is 1.98. The highest BCUT2D eigenvalue weighted by atomic mass is 16.7. The Morgan fingerprint density at radius 3 is 2.76 bits per heavy atom. The van der Waals surface area contributed by atoms with E-state index in [1.54, 1.807) is 21.6 Å². The number of ether oxygens (including phenoxy) is 2. The highest BCUT2D eigenvalue weighted by molar-refractivity contribution is 6.02. The number of nitrogens with zero attached hydrogens (tertiary/aromatic N) is 3. The fourth-order valence-corrected chi connectivity index (χ4v) is 3.73. The van der Waals surface area contributed by atoms with Crippen LogP contribution in [-0.4, -0.2) is 46.0 Å². The molecule has 2 aliphatic heterocycles. The van der Waals surface area contributed by atoms with Crippen molar-refractivity contribution in [3.63, 3.8) is 0 Å². The first kappa shape index (κ1) is 17.5. The van der Waals surface area contributed by atoms with Crippen molar-refractivity contribution in [2.45, 2.75) is 19.4 Å². The van der Waals surface area contributed by atoms with E-state index in [9.17, 15) is 9.59 Å². The van der Waals surface area contributed by atoms with Gasteiger partial charge in [-0.15, -0.1) is 0 Å². The zero-order valence-corrected chi connectivity index (χ0v) is 15.8. The van der Waals surface area contributed by atoms with E-state index in [4.69, 9.17) is 9.47 Å². The number of fused-ring (bicyclic) bond motifs is 2. The van der Waals surface area contributed by atoms with Crippen molar-refractivity contribution in [1.29, 1.82) is 0 Å². The van der Waals surface area contributed by atoms with Gasteiger partial charge in [-0.25, -0.2) is 4.98 Å². The quantitative estimate of drug-likeness (QED) is 0.736. The Morgan fingerprint density at radius 2 is 1.90 bits per heavy atom. The number of benzene rings is 1. The standard InChI is InChI=1S/C21H20N4O4/c26-20(22-12-14-6-7-16-17(11-14)29-13-28-16)18-15-5-1-2-10-25(15)19(23-18)21(27)24-8-3-4-9-24/h1-2,5-7,10-11H,3-4,8-9,12-13H2,(H,22,26). The molecule has 8 heteroatoms. The predicted molar refractivity (Wildman–Crippen MR) is 104 cm³/mol. The van der Waals surface area contributed by atoms with E-state index in [2.05, 4.69) is 10.3 Å². The lowest BCUT2D eigenvalue weighted by atomic mass is 10.2. The van der Waals surface area contributed by atoms with E-state index in [1.165, 1.54) is 0 Å². The fourth-order valence-electron chi connectivity index (χ4n) is 3.73. The molecule has 2 amide bonds. The number of imidazole rings is 1. The van der Waals surface area contributed by atoms with E-state index in [-0.39, 0.29) is 30.1 Å². The minimum Gasteiger partial charge on any atom is -0.454 e. The molecule has 2 aliphatic rings. The van der Waals surface area contributed by atoms with Crippen LogP contribution in [-0.2, 0) is 6.54 Å². The molecular weight excluding hydrogens is 372 g/mol. The molecule has 0 saturated carbocycles. The first-order valence-electron chi connectivity index (χ1n) is 9.64. The molecule has 0 bridgehead atoms.